The summed E-state index contributed by atoms with van der Waals surface area (Å²) < 4.78 is 0. The Morgan fingerprint density at radius 1 is 1.19 bits per heavy atom. The summed E-state index contributed by atoms with van der Waals surface area (Å²) in [6, 6.07) is 3.41. The SMILES string of the molecule is CC(C)C(=O)Nc1ccc(Cl)c(C(=O)N[C@@H](C)C(=O)O)c1. The van der Waals surface area contributed by atoms with Gasteiger partial charge in [-0.25, -0.2) is 0 Å². The topological polar surface area (TPSA) is 95.5 Å². The minimum atomic E-state index is -1.15. The number of carboxylic acid groups (broad SMARTS) is 1. The number of hydrogen-bond donors (Lipinski definition) is 3. The van der Waals surface area contributed by atoms with Gasteiger partial charge in [-0.2, -0.15) is 0 Å². The molecular formula is C14H17ClN2O4. The first kappa shape index (κ1) is 17.0. The molecule has 6 nitrogen and oxygen atoms in total. The lowest BCUT2D eigenvalue weighted by molar-refractivity contribution is -0.138. The second-order valence-corrected chi connectivity index (χ2v) is 5.28. The molecule has 1 atom stereocenters. The van der Waals surface area contributed by atoms with Crippen molar-refractivity contribution in [3.63, 3.8) is 0 Å². The van der Waals surface area contributed by atoms with Gasteiger partial charge in [0.05, 0.1) is 10.6 Å². The summed E-state index contributed by atoms with van der Waals surface area (Å²) in [6.07, 6.45) is 0. The zero-order valence-corrected chi connectivity index (χ0v) is 12.7. The first-order chi connectivity index (χ1) is 9.72. The second-order valence-electron chi connectivity index (χ2n) is 4.87. The zero-order chi connectivity index (χ0) is 16.2. The van der Waals surface area contributed by atoms with Crippen LogP contribution in [0.2, 0.25) is 5.02 Å². The van der Waals surface area contributed by atoms with E-state index in [0.717, 1.165) is 0 Å². The molecule has 3 N–H and O–H groups in total. The number of carboxylic acids is 1. The van der Waals surface area contributed by atoms with E-state index in [-0.39, 0.29) is 22.4 Å². The molecule has 0 aromatic heterocycles. The van der Waals surface area contributed by atoms with Crippen LogP contribution in [0.5, 0.6) is 0 Å². The molecule has 1 aromatic carbocycles. The maximum Gasteiger partial charge on any atom is 0.325 e. The largest absolute Gasteiger partial charge is 0.480 e. The number of anilines is 1. The Bertz CT molecular complexity index is 572. The van der Waals surface area contributed by atoms with Gasteiger partial charge >= 0.3 is 5.97 Å². The molecule has 0 aliphatic heterocycles. The highest BCUT2D eigenvalue weighted by molar-refractivity contribution is 6.34. The highest BCUT2D eigenvalue weighted by atomic mass is 35.5. The van der Waals surface area contributed by atoms with Gasteiger partial charge in [0.25, 0.3) is 5.91 Å². The first-order valence-corrected chi connectivity index (χ1v) is 6.74. The number of carbonyl (C=O) groups excluding carboxylic acids is 2. The van der Waals surface area contributed by atoms with Crippen LogP contribution in [-0.2, 0) is 9.59 Å². The molecule has 0 saturated heterocycles. The van der Waals surface area contributed by atoms with E-state index in [1.165, 1.54) is 19.1 Å². The van der Waals surface area contributed by atoms with Crippen molar-refractivity contribution in [3.8, 4) is 0 Å². The van der Waals surface area contributed by atoms with Crippen LogP contribution < -0.4 is 10.6 Å². The van der Waals surface area contributed by atoms with Crippen molar-refractivity contribution in [1.82, 2.24) is 5.32 Å². The molecule has 0 spiro atoms. The summed E-state index contributed by atoms with van der Waals surface area (Å²) in [4.78, 5) is 34.3. The van der Waals surface area contributed by atoms with E-state index in [9.17, 15) is 14.4 Å². The van der Waals surface area contributed by atoms with Crippen LogP contribution in [0.15, 0.2) is 18.2 Å². The highest BCUT2D eigenvalue weighted by Gasteiger charge is 2.18. The van der Waals surface area contributed by atoms with Crippen molar-refractivity contribution in [2.75, 3.05) is 5.32 Å². The van der Waals surface area contributed by atoms with Gasteiger partial charge in [0.2, 0.25) is 5.91 Å². The molecule has 0 aliphatic rings. The van der Waals surface area contributed by atoms with E-state index in [1.807, 2.05) is 0 Å². The van der Waals surface area contributed by atoms with Gasteiger partial charge in [-0.1, -0.05) is 25.4 Å². The maximum atomic E-state index is 12.0. The van der Waals surface area contributed by atoms with Crippen LogP contribution in [0.25, 0.3) is 0 Å². The van der Waals surface area contributed by atoms with E-state index >= 15 is 0 Å². The molecule has 21 heavy (non-hydrogen) atoms. The smallest absolute Gasteiger partial charge is 0.325 e. The van der Waals surface area contributed by atoms with E-state index in [0.29, 0.717) is 5.69 Å². The van der Waals surface area contributed by atoms with E-state index in [2.05, 4.69) is 10.6 Å². The summed E-state index contributed by atoms with van der Waals surface area (Å²) in [5, 5.41) is 13.9. The number of nitrogens with one attached hydrogen (secondary N) is 2. The number of aliphatic carboxylic acids is 1. The Kier molecular flexibility index (Phi) is 5.72. The molecule has 7 heteroatoms. The summed E-state index contributed by atoms with van der Waals surface area (Å²) in [5.74, 6) is -2.16. The van der Waals surface area contributed by atoms with E-state index < -0.39 is 17.9 Å². The van der Waals surface area contributed by atoms with E-state index in [4.69, 9.17) is 16.7 Å². The average molecular weight is 313 g/mol. The Hall–Kier alpha value is -2.08. The molecule has 0 unspecified atom stereocenters. The van der Waals surface area contributed by atoms with Gasteiger partial charge in [0.15, 0.2) is 0 Å². The second kappa shape index (κ2) is 7.08. The lowest BCUT2D eigenvalue weighted by Crippen LogP contribution is -2.38. The zero-order valence-electron chi connectivity index (χ0n) is 11.9. The van der Waals surface area contributed by atoms with Gasteiger partial charge in [-0.15, -0.1) is 0 Å². The van der Waals surface area contributed by atoms with Gasteiger partial charge in [-0.05, 0) is 25.1 Å². The first-order valence-electron chi connectivity index (χ1n) is 6.36. The summed E-state index contributed by atoms with van der Waals surface area (Å²) >= 11 is 5.93. The summed E-state index contributed by atoms with van der Waals surface area (Å²) in [7, 11) is 0. The van der Waals surface area contributed by atoms with Crippen LogP contribution in [0.3, 0.4) is 0 Å². The minimum Gasteiger partial charge on any atom is -0.480 e. The number of halogens is 1. The molecule has 0 heterocycles. The molecular weight excluding hydrogens is 296 g/mol. The van der Waals surface area contributed by atoms with Crippen LogP contribution in [0.4, 0.5) is 5.69 Å². The quantitative estimate of drug-likeness (QED) is 0.776. The van der Waals surface area contributed by atoms with Crippen LogP contribution >= 0.6 is 11.6 Å². The van der Waals surface area contributed by atoms with Crippen LogP contribution in [0.1, 0.15) is 31.1 Å². The summed E-state index contributed by atoms with van der Waals surface area (Å²) in [5.41, 5.74) is 0.526. The van der Waals surface area contributed by atoms with Crippen molar-refractivity contribution < 1.29 is 19.5 Å². The van der Waals surface area contributed by atoms with Crippen molar-refractivity contribution in [3.05, 3.63) is 28.8 Å². The third-order valence-corrected chi connectivity index (χ3v) is 3.05. The fraction of sp³-hybridized carbons (Fsp3) is 0.357. The molecule has 114 valence electrons. The number of benzene rings is 1. The van der Waals surface area contributed by atoms with Crippen molar-refractivity contribution in [1.29, 1.82) is 0 Å². The Labute approximate surface area is 127 Å². The molecule has 1 rings (SSSR count). The molecule has 0 saturated carbocycles. The molecule has 0 aliphatic carbocycles. The van der Waals surface area contributed by atoms with Gasteiger partial charge in [-0.3, -0.25) is 14.4 Å². The fourth-order valence-electron chi connectivity index (χ4n) is 1.40. The number of amides is 2. The normalized spacial score (nSPS) is 11.9. The lowest BCUT2D eigenvalue weighted by atomic mass is 10.1. The highest BCUT2D eigenvalue weighted by Crippen LogP contribution is 2.21. The molecule has 0 bridgehead atoms. The number of carbonyl (C=O) groups is 3. The number of rotatable bonds is 5. The lowest BCUT2D eigenvalue weighted by Gasteiger charge is -2.12. The Morgan fingerprint density at radius 3 is 2.33 bits per heavy atom. The summed E-state index contributed by atoms with van der Waals surface area (Å²) in [6.45, 7) is 4.83. The van der Waals surface area contributed by atoms with Crippen molar-refractivity contribution in [2.45, 2.75) is 26.8 Å². The monoisotopic (exact) mass is 312 g/mol. The van der Waals surface area contributed by atoms with Gasteiger partial charge < -0.3 is 15.7 Å². The molecule has 0 fully saturated rings. The fourth-order valence-corrected chi connectivity index (χ4v) is 1.60. The van der Waals surface area contributed by atoms with Crippen molar-refractivity contribution in [2.24, 2.45) is 5.92 Å². The Balaban J connectivity index is 2.94. The predicted octanol–water partition coefficient (Wildman–Crippen LogP) is 2.14. The third-order valence-electron chi connectivity index (χ3n) is 2.72. The maximum absolute atomic E-state index is 12.0. The number of hydrogen-bond acceptors (Lipinski definition) is 3. The van der Waals surface area contributed by atoms with E-state index in [1.54, 1.807) is 19.9 Å². The standard InChI is InChI=1S/C14H17ClN2O4/c1-7(2)12(18)17-9-4-5-11(15)10(6-9)13(19)16-8(3)14(20)21/h4-8H,1-3H3,(H,16,19)(H,17,18)(H,20,21)/t8-/m0/s1. The molecule has 1 aromatic rings. The third kappa shape index (κ3) is 4.75. The predicted molar refractivity (Wildman–Crippen MR) is 79.5 cm³/mol. The Morgan fingerprint density at radius 2 is 1.81 bits per heavy atom. The van der Waals surface area contributed by atoms with Gasteiger partial charge in [0, 0.05) is 11.6 Å². The van der Waals surface area contributed by atoms with Crippen LogP contribution in [-0.4, -0.2) is 28.9 Å². The molecule has 0 radical (unpaired) electrons. The van der Waals surface area contributed by atoms with Crippen LogP contribution in [0, 0.1) is 5.92 Å². The van der Waals surface area contributed by atoms with Crippen molar-refractivity contribution >= 4 is 35.1 Å². The minimum absolute atomic E-state index is 0.103. The average Bonchev–Trinajstić information content (AvgIpc) is 2.40. The molecule has 2 amide bonds. The van der Waals surface area contributed by atoms with Gasteiger partial charge in [0.1, 0.15) is 6.04 Å².